The number of esters is 1. The number of piperidine rings is 1. The third kappa shape index (κ3) is 13.8. The molecule has 4 rings (SSSR count). The normalized spacial score (nSPS) is 44.3. The summed E-state index contributed by atoms with van der Waals surface area (Å²) in [5, 5.41) is 45.3. The fraction of sp³-hybridized carbons (Fsp3) is 0.870. The van der Waals surface area contributed by atoms with Crippen molar-refractivity contribution in [2.45, 2.75) is 167 Å². The largest absolute Gasteiger partial charge is 0.462 e. The van der Waals surface area contributed by atoms with Gasteiger partial charge < -0.3 is 63.4 Å². The lowest BCUT2D eigenvalue weighted by Gasteiger charge is -2.47. The molecule has 4 aliphatic rings. The second kappa shape index (κ2) is 23.9. The SMILES string of the molecule is CC[C@H]1OC(=O)C[C@@H](O)C(C)[C@@H](O[C@@H]2O[C@H](C)[C@@H](O)[C@H](N(C)C)[C@H]2O)[C@@H](CCN2C[C@H](C)C[C@H](C)C2)C[C@@H](C)C(=O)/C=C/C(C)=C/[C@@H]1CO[C@@H]1O[C@H](C)[C@@H](O)[C@@H](OC)[C@H]1OC. The van der Waals surface area contributed by atoms with Gasteiger partial charge in [0, 0.05) is 45.1 Å². The van der Waals surface area contributed by atoms with E-state index < -0.39 is 103 Å². The number of carbonyl (C=O) groups excluding carboxylic acids is 2. The molecule has 0 bridgehead atoms. The molecule has 0 aromatic rings. The Bertz CT molecular complexity index is 1420. The molecule has 0 aliphatic carbocycles. The summed E-state index contributed by atoms with van der Waals surface area (Å²) in [6.45, 7) is 18.2. The summed E-state index contributed by atoms with van der Waals surface area (Å²) in [6.07, 6.45) is -2.96. The van der Waals surface area contributed by atoms with Gasteiger partial charge in [0.25, 0.3) is 0 Å². The first-order chi connectivity index (χ1) is 28.8. The summed E-state index contributed by atoms with van der Waals surface area (Å²) in [4.78, 5) is 32.1. The second-order valence-corrected chi connectivity index (χ2v) is 18.9. The Kier molecular flexibility index (Phi) is 20.3. The Morgan fingerprint density at radius 3 is 2.05 bits per heavy atom. The van der Waals surface area contributed by atoms with E-state index in [1.807, 2.05) is 33.8 Å². The molecule has 0 aromatic carbocycles. The van der Waals surface area contributed by atoms with Gasteiger partial charge in [-0.25, -0.2) is 0 Å². The van der Waals surface area contributed by atoms with E-state index in [1.54, 1.807) is 45.0 Å². The Balaban J connectivity index is 1.68. The van der Waals surface area contributed by atoms with Crippen molar-refractivity contribution in [2.24, 2.45) is 35.5 Å². The van der Waals surface area contributed by atoms with Gasteiger partial charge in [-0.2, -0.15) is 0 Å². The zero-order valence-electron chi connectivity index (χ0n) is 38.9. The first kappa shape index (κ1) is 51.8. The number of nitrogens with zero attached hydrogens (tertiary/aromatic N) is 2. The van der Waals surface area contributed by atoms with Crippen LogP contribution in [-0.4, -0.2) is 176 Å². The van der Waals surface area contributed by atoms with Crippen LogP contribution in [0.3, 0.4) is 0 Å². The Hall–Kier alpha value is -1.86. The van der Waals surface area contributed by atoms with E-state index in [-0.39, 0.29) is 24.7 Å². The molecule has 4 heterocycles. The highest BCUT2D eigenvalue weighted by Gasteiger charge is 2.48. The Labute approximate surface area is 365 Å². The highest BCUT2D eigenvalue weighted by atomic mass is 16.7. The molecule has 61 heavy (non-hydrogen) atoms. The number of ether oxygens (including phenoxy) is 7. The number of aliphatic hydroxyl groups excluding tert-OH is 4. The molecule has 1 unspecified atom stereocenters. The van der Waals surface area contributed by atoms with Gasteiger partial charge in [-0.1, -0.05) is 52.3 Å². The lowest BCUT2D eigenvalue weighted by atomic mass is 9.79. The number of hydrogen-bond acceptors (Lipinski definition) is 15. The van der Waals surface area contributed by atoms with Gasteiger partial charge in [0.1, 0.15) is 30.5 Å². The summed E-state index contributed by atoms with van der Waals surface area (Å²) in [6, 6.07) is -0.684. The molecule has 19 atom stereocenters. The van der Waals surface area contributed by atoms with Crippen LogP contribution in [0, 0.1) is 35.5 Å². The lowest BCUT2D eigenvalue weighted by molar-refractivity contribution is -0.304. The van der Waals surface area contributed by atoms with Crippen molar-refractivity contribution in [3.63, 3.8) is 0 Å². The summed E-state index contributed by atoms with van der Waals surface area (Å²) in [5.74, 6) is -1.46. The fourth-order valence-corrected chi connectivity index (χ4v) is 10.0. The number of aliphatic hydroxyl groups is 4. The minimum atomic E-state index is -1.23. The number of methoxy groups -OCH3 is 2. The van der Waals surface area contributed by atoms with Crippen molar-refractivity contribution < 1.29 is 63.2 Å². The maximum atomic E-state index is 14.0. The highest BCUT2D eigenvalue weighted by Crippen LogP contribution is 2.36. The standard InChI is InChI=1S/C46H80N2O13/c1-13-36-33(24-57-46-44(56-12)43(55-11)40(53)31(8)59-46)19-25(2)14-15-34(49)28(5)20-32(16-17-48-22-26(3)18-27(4)23-48)42(29(6)35(50)21-37(51)60-36)61-45-41(54)38(47(9)10)39(52)30(7)58-45/h14-15,19,26-33,35-36,38-46,50,52-54H,13,16-18,20-24H2,1-12H3/b15-14+,25-19+/t26-,27+,28-,29?,30-,31-,32+,33-,35-,36-,38+,39-,40-,41-,42-,43-,44-,45+,46-/m1/s1. The molecular formula is C46H80N2O13. The Morgan fingerprint density at radius 1 is 0.820 bits per heavy atom. The summed E-state index contributed by atoms with van der Waals surface area (Å²) < 4.78 is 42.6. The maximum Gasteiger partial charge on any atom is 0.308 e. The van der Waals surface area contributed by atoms with E-state index in [9.17, 15) is 30.0 Å². The zero-order valence-corrected chi connectivity index (χ0v) is 38.9. The minimum Gasteiger partial charge on any atom is -0.462 e. The van der Waals surface area contributed by atoms with Gasteiger partial charge in [0.05, 0.1) is 49.6 Å². The molecule has 0 amide bonds. The van der Waals surface area contributed by atoms with Crippen molar-refractivity contribution in [3.8, 4) is 0 Å². The predicted molar refractivity (Wildman–Crippen MR) is 229 cm³/mol. The molecule has 15 heteroatoms. The molecule has 0 radical (unpaired) electrons. The van der Waals surface area contributed by atoms with Gasteiger partial charge in [0.2, 0.25) is 0 Å². The number of ketones is 1. The van der Waals surface area contributed by atoms with Crippen LogP contribution in [0.2, 0.25) is 0 Å². The molecule has 352 valence electrons. The Morgan fingerprint density at radius 2 is 1.44 bits per heavy atom. The van der Waals surface area contributed by atoms with E-state index in [0.717, 1.165) is 25.2 Å². The van der Waals surface area contributed by atoms with E-state index in [4.69, 9.17) is 33.2 Å². The van der Waals surface area contributed by atoms with Gasteiger partial charge in [-0.05, 0) is 90.9 Å². The molecule has 0 saturated carbocycles. The van der Waals surface area contributed by atoms with Crippen molar-refractivity contribution >= 4 is 11.8 Å². The van der Waals surface area contributed by atoms with Crippen LogP contribution in [0.15, 0.2) is 23.8 Å². The van der Waals surface area contributed by atoms with Crippen LogP contribution in [0.5, 0.6) is 0 Å². The molecule has 3 saturated heterocycles. The molecule has 0 aromatic heterocycles. The second-order valence-electron chi connectivity index (χ2n) is 18.9. The average Bonchev–Trinajstić information content (AvgIpc) is 3.19. The smallest absolute Gasteiger partial charge is 0.308 e. The van der Waals surface area contributed by atoms with Crippen LogP contribution in [0.4, 0.5) is 0 Å². The highest BCUT2D eigenvalue weighted by molar-refractivity contribution is 5.91. The van der Waals surface area contributed by atoms with Crippen molar-refractivity contribution in [1.29, 1.82) is 0 Å². The van der Waals surface area contributed by atoms with Crippen LogP contribution in [0.25, 0.3) is 0 Å². The van der Waals surface area contributed by atoms with Gasteiger partial charge >= 0.3 is 5.97 Å². The predicted octanol–water partition coefficient (Wildman–Crippen LogP) is 3.34. The van der Waals surface area contributed by atoms with Crippen LogP contribution >= 0.6 is 0 Å². The summed E-state index contributed by atoms with van der Waals surface area (Å²) in [5.41, 5.74) is 0.761. The first-order valence-corrected chi connectivity index (χ1v) is 22.6. The van der Waals surface area contributed by atoms with E-state index in [1.165, 1.54) is 20.6 Å². The van der Waals surface area contributed by atoms with E-state index in [0.29, 0.717) is 31.1 Å². The molecule has 3 fully saturated rings. The van der Waals surface area contributed by atoms with Gasteiger partial charge in [-0.15, -0.1) is 0 Å². The number of likely N-dealkylation sites (tertiary alicyclic amines) is 1. The fourth-order valence-electron chi connectivity index (χ4n) is 10.0. The summed E-state index contributed by atoms with van der Waals surface area (Å²) >= 11 is 0. The van der Waals surface area contributed by atoms with Gasteiger partial charge in [-0.3, -0.25) is 9.59 Å². The summed E-state index contributed by atoms with van der Waals surface area (Å²) in [7, 11) is 6.54. The number of hydrogen-bond donors (Lipinski definition) is 4. The molecule has 4 N–H and O–H groups in total. The number of cyclic esters (lactones) is 1. The first-order valence-electron chi connectivity index (χ1n) is 22.6. The topological polar surface area (TPSA) is 186 Å². The minimum absolute atomic E-state index is 0.0427. The third-order valence-electron chi connectivity index (χ3n) is 13.5. The van der Waals surface area contributed by atoms with Crippen molar-refractivity contribution in [1.82, 2.24) is 9.80 Å². The van der Waals surface area contributed by atoms with E-state index in [2.05, 4.69) is 18.7 Å². The van der Waals surface area contributed by atoms with Crippen LogP contribution in [-0.2, 0) is 42.7 Å². The third-order valence-corrected chi connectivity index (χ3v) is 13.5. The zero-order chi connectivity index (χ0) is 45.3. The van der Waals surface area contributed by atoms with Crippen molar-refractivity contribution in [3.05, 3.63) is 23.8 Å². The monoisotopic (exact) mass is 869 g/mol. The quantitative estimate of drug-likeness (QED) is 0.209. The lowest BCUT2D eigenvalue weighted by Crippen LogP contribution is -2.63. The number of allylic oxidation sites excluding steroid dienone is 3. The number of rotatable bonds is 12. The van der Waals surface area contributed by atoms with Crippen LogP contribution in [0.1, 0.15) is 87.5 Å². The van der Waals surface area contributed by atoms with Crippen LogP contribution < -0.4 is 0 Å². The number of likely N-dealkylation sites (N-methyl/N-ethyl adjacent to an activating group) is 1. The molecular weight excluding hydrogens is 789 g/mol. The molecule has 0 spiro atoms. The molecule has 4 aliphatic heterocycles. The maximum absolute atomic E-state index is 14.0. The average molecular weight is 869 g/mol. The molecule has 15 nitrogen and oxygen atoms in total. The number of carbonyl (C=O) groups is 2. The van der Waals surface area contributed by atoms with E-state index >= 15 is 0 Å². The van der Waals surface area contributed by atoms with Crippen molar-refractivity contribution in [2.75, 3.05) is 54.6 Å². The van der Waals surface area contributed by atoms with Gasteiger partial charge in [0.15, 0.2) is 18.4 Å².